The molecule has 0 aliphatic heterocycles. The minimum Gasteiger partial charge on any atom is -0.480 e. The quantitative estimate of drug-likeness (QED) is 0.787. The van der Waals surface area contributed by atoms with Crippen molar-refractivity contribution >= 4 is 11.6 Å². The van der Waals surface area contributed by atoms with Crippen molar-refractivity contribution in [2.45, 2.75) is 6.92 Å². The summed E-state index contributed by atoms with van der Waals surface area (Å²) >= 11 is 0. The second-order valence-electron chi connectivity index (χ2n) is 4.63. The van der Waals surface area contributed by atoms with Crippen LogP contribution in [-0.4, -0.2) is 37.5 Å². The van der Waals surface area contributed by atoms with Gasteiger partial charge in [0.05, 0.1) is 25.2 Å². The highest BCUT2D eigenvalue weighted by Gasteiger charge is 2.13. The molecule has 1 N–H and O–H groups in total. The number of hydrogen-bond acceptors (Lipinski definition) is 6. The summed E-state index contributed by atoms with van der Waals surface area (Å²) in [7, 11) is 1.46. The molecule has 3 heterocycles. The third-order valence-corrected chi connectivity index (χ3v) is 3.15. The highest BCUT2D eigenvalue weighted by molar-refractivity contribution is 6.05. The number of methoxy groups -OCH3 is 1. The van der Waals surface area contributed by atoms with E-state index in [9.17, 15) is 4.79 Å². The maximum Gasteiger partial charge on any atom is 0.261 e. The van der Waals surface area contributed by atoms with E-state index in [1.807, 2.05) is 6.92 Å². The van der Waals surface area contributed by atoms with E-state index in [1.54, 1.807) is 35.3 Å². The van der Waals surface area contributed by atoms with E-state index in [0.29, 0.717) is 17.2 Å². The number of nitrogens with one attached hydrogen (secondary N) is 1. The van der Waals surface area contributed by atoms with Crippen LogP contribution < -0.4 is 10.1 Å². The van der Waals surface area contributed by atoms with Crippen LogP contribution in [0, 0.1) is 6.92 Å². The van der Waals surface area contributed by atoms with Crippen LogP contribution in [0.5, 0.6) is 5.88 Å². The number of aromatic nitrogens is 5. The number of nitrogens with zero attached hydrogens (tertiary/aromatic N) is 5. The first-order valence-corrected chi connectivity index (χ1v) is 6.82. The largest absolute Gasteiger partial charge is 0.480 e. The zero-order chi connectivity index (χ0) is 16.2. The summed E-state index contributed by atoms with van der Waals surface area (Å²) in [6.45, 7) is 1.85. The minimum absolute atomic E-state index is 0.261. The van der Waals surface area contributed by atoms with Crippen LogP contribution in [0.25, 0.3) is 5.95 Å². The molecule has 23 heavy (non-hydrogen) atoms. The van der Waals surface area contributed by atoms with Gasteiger partial charge >= 0.3 is 0 Å². The summed E-state index contributed by atoms with van der Waals surface area (Å²) in [6.07, 6.45) is 8.05. The van der Waals surface area contributed by atoms with E-state index in [1.165, 1.54) is 19.5 Å². The van der Waals surface area contributed by atoms with Crippen molar-refractivity contribution in [3.05, 3.63) is 54.5 Å². The number of rotatable bonds is 4. The van der Waals surface area contributed by atoms with Crippen LogP contribution in [0.4, 0.5) is 5.69 Å². The summed E-state index contributed by atoms with van der Waals surface area (Å²) in [6, 6.07) is 3.30. The molecule has 0 unspecified atom stereocenters. The third kappa shape index (κ3) is 3.00. The number of anilines is 1. The number of carbonyl (C=O) groups is 1. The Morgan fingerprint density at radius 2 is 1.96 bits per heavy atom. The first-order valence-electron chi connectivity index (χ1n) is 6.82. The van der Waals surface area contributed by atoms with Crippen LogP contribution in [0.1, 0.15) is 16.2 Å². The Kier molecular flexibility index (Phi) is 3.96. The lowest BCUT2D eigenvalue weighted by Gasteiger charge is -2.08. The molecule has 3 rings (SSSR count). The fourth-order valence-electron chi connectivity index (χ4n) is 2.02. The predicted molar refractivity (Wildman–Crippen MR) is 82.6 cm³/mol. The normalized spacial score (nSPS) is 10.3. The molecule has 0 aliphatic carbocycles. The van der Waals surface area contributed by atoms with Gasteiger partial charge in [-0.2, -0.15) is 0 Å². The molecule has 0 spiro atoms. The average molecular weight is 310 g/mol. The first kappa shape index (κ1) is 14.6. The van der Waals surface area contributed by atoms with Crippen molar-refractivity contribution in [1.29, 1.82) is 0 Å². The molecule has 3 aromatic heterocycles. The molecule has 0 bridgehead atoms. The van der Waals surface area contributed by atoms with Gasteiger partial charge in [-0.3, -0.25) is 9.36 Å². The monoisotopic (exact) mass is 310 g/mol. The predicted octanol–water partition coefficient (Wildman–Crippen LogP) is 1.63. The topological polar surface area (TPSA) is 94.8 Å². The summed E-state index contributed by atoms with van der Waals surface area (Å²) in [5.74, 6) is 1.18. The summed E-state index contributed by atoms with van der Waals surface area (Å²) in [5, 5.41) is 2.71. The Morgan fingerprint density at radius 1 is 1.17 bits per heavy atom. The Balaban J connectivity index is 1.78. The average Bonchev–Trinajstić information content (AvgIpc) is 3.01. The molecule has 0 aromatic carbocycles. The SMILES string of the molecule is COc1ncccc1C(=O)Nc1cnc(-n2ccnc2C)nc1. The van der Waals surface area contributed by atoms with Gasteiger partial charge in [0.1, 0.15) is 11.4 Å². The van der Waals surface area contributed by atoms with Gasteiger partial charge in [-0.1, -0.05) is 0 Å². The van der Waals surface area contributed by atoms with E-state index < -0.39 is 0 Å². The number of hydrogen-bond donors (Lipinski definition) is 1. The van der Waals surface area contributed by atoms with Gasteiger partial charge in [0.15, 0.2) is 0 Å². The molecular weight excluding hydrogens is 296 g/mol. The van der Waals surface area contributed by atoms with Gasteiger partial charge in [-0.05, 0) is 19.1 Å². The fraction of sp³-hybridized carbons (Fsp3) is 0.133. The number of amides is 1. The first-order chi connectivity index (χ1) is 11.2. The van der Waals surface area contributed by atoms with Gasteiger partial charge < -0.3 is 10.1 Å². The van der Waals surface area contributed by atoms with Gasteiger partial charge in [-0.25, -0.2) is 19.9 Å². The van der Waals surface area contributed by atoms with E-state index >= 15 is 0 Å². The smallest absolute Gasteiger partial charge is 0.261 e. The maximum absolute atomic E-state index is 12.3. The van der Waals surface area contributed by atoms with Crippen molar-refractivity contribution in [1.82, 2.24) is 24.5 Å². The van der Waals surface area contributed by atoms with Crippen LogP contribution in [0.3, 0.4) is 0 Å². The van der Waals surface area contributed by atoms with Gasteiger partial charge in [0.2, 0.25) is 11.8 Å². The zero-order valence-electron chi connectivity index (χ0n) is 12.6. The molecule has 0 radical (unpaired) electrons. The lowest BCUT2D eigenvalue weighted by Crippen LogP contribution is -2.14. The third-order valence-electron chi connectivity index (χ3n) is 3.15. The lowest BCUT2D eigenvalue weighted by molar-refractivity contribution is 0.102. The second kappa shape index (κ2) is 6.22. The molecule has 3 aromatic rings. The van der Waals surface area contributed by atoms with E-state index in [4.69, 9.17) is 4.74 Å². The second-order valence-corrected chi connectivity index (χ2v) is 4.63. The van der Waals surface area contributed by atoms with Crippen molar-refractivity contribution in [3.63, 3.8) is 0 Å². The van der Waals surface area contributed by atoms with Crippen molar-refractivity contribution < 1.29 is 9.53 Å². The fourth-order valence-corrected chi connectivity index (χ4v) is 2.02. The highest BCUT2D eigenvalue weighted by atomic mass is 16.5. The number of pyridine rings is 1. The van der Waals surface area contributed by atoms with Crippen LogP contribution >= 0.6 is 0 Å². The van der Waals surface area contributed by atoms with Crippen LogP contribution in [0.2, 0.25) is 0 Å². The molecule has 0 fully saturated rings. The lowest BCUT2D eigenvalue weighted by atomic mass is 10.2. The van der Waals surface area contributed by atoms with Crippen LogP contribution in [0.15, 0.2) is 43.1 Å². The molecule has 8 nitrogen and oxygen atoms in total. The molecule has 116 valence electrons. The maximum atomic E-state index is 12.3. The van der Waals surface area contributed by atoms with Crippen LogP contribution in [-0.2, 0) is 0 Å². The number of imidazole rings is 1. The Labute approximate surface area is 132 Å². The summed E-state index contributed by atoms with van der Waals surface area (Å²) < 4.78 is 6.82. The Hall–Kier alpha value is -3.29. The standard InChI is InChI=1S/C15H14N6O2/c1-10-16-6-7-21(10)15-18-8-11(9-19-15)20-13(22)12-4-3-5-17-14(12)23-2/h3-9H,1-2H3,(H,20,22). The van der Waals surface area contributed by atoms with E-state index in [-0.39, 0.29) is 11.8 Å². The van der Waals surface area contributed by atoms with Crippen molar-refractivity contribution in [2.75, 3.05) is 12.4 Å². The number of ether oxygens (including phenoxy) is 1. The van der Waals surface area contributed by atoms with Crippen molar-refractivity contribution in [2.24, 2.45) is 0 Å². The molecular formula is C15H14N6O2. The molecule has 8 heteroatoms. The van der Waals surface area contributed by atoms with Gasteiger partial charge in [-0.15, -0.1) is 0 Å². The number of aryl methyl sites for hydroxylation is 1. The minimum atomic E-state index is -0.342. The molecule has 0 atom stereocenters. The van der Waals surface area contributed by atoms with Gasteiger partial charge in [0.25, 0.3) is 5.91 Å². The van der Waals surface area contributed by atoms with E-state index in [2.05, 4.69) is 25.3 Å². The molecule has 0 saturated carbocycles. The summed E-state index contributed by atoms with van der Waals surface area (Å²) in [4.78, 5) is 28.8. The number of carbonyl (C=O) groups excluding carboxylic acids is 1. The highest BCUT2D eigenvalue weighted by Crippen LogP contribution is 2.16. The molecule has 0 saturated heterocycles. The zero-order valence-corrected chi connectivity index (χ0v) is 12.6. The van der Waals surface area contributed by atoms with Gasteiger partial charge in [0, 0.05) is 18.6 Å². The summed E-state index contributed by atoms with van der Waals surface area (Å²) in [5.41, 5.74) is 0.812. The Bertz CT molecular complexity index is 828. The Morgan fingerprint density at radius 3 is 2.61 bits per heavy atom. The molecule has 0 aliphatic rings. The van der Waals surface area contributed by atoms with Crippen molar-refractivity contribution in [3.8, 4) is 11.8 Å². The molecule has 1 amide bonds. The van der Waals surface area contributed by atoms with E-state index in [0.717, 1.165) is 5.82 Å².